The summed E-state index contributed by atoms with van der Waals surface area (Å²) in [7, 11) is 0. The Morgan fingerprint density at radius 3 is 2.28 bits per heavy atom. The molecule has 2 aromatic carbocycles. The first-order chi connectivity index (χ1) is 15.5. The Bertz CT molecular complexity index is 1230. The maximum Gasteiger partial charge on any atom is 0.254 e. The van der Waals surface area contributed by atoms with E-state index in [2.05, 4.69) is 40.7 Å². The van der Waals surface area contributed by atoms with Crippen LogP contribution >= 0.6 is 11.6 Å². The zero-order valence-corrected chi connectivity index (χ0v) is 18.7. The predicted molar refractivity (Wildman–Crippen MR) is 123 cm³/mol. The lowest BCUT2D eigenvalue weighted by Gasteiger charge is -2.21. The zero-order chi connectivity index (χ0) is 22.2. The van der Waals surface area contributed by atoms with Crippen LogP contribution in [0.1, 0.15) is 40.5 Å². The molecule has 2 heterocycles. The number of hydrogen-bond acceptors (Lipinski definition) is 4. The van der Waals surface area contributed by atoms with Gasteiger partial charge in [0.2, 0.25) is 11.8 Å². The number of halogens is 1. The lowest BCUT2D eigenvalue weighted by atomic mass is 10.1. The first-order valence-corrected chi connectivity index (χ1v) is 11.0. The van der Waals surface area contributed by atoms with E-state index in [-0.39, 0.29) is 11.9 Å². The largest absolute Gasteiger partial charge is 0.419 e. The number of rotatable bonds is 6. The van der Waals surface area contributed by atoms with E-state index in [4.69, 9.17) is 16.0 Å². The van der Waals surface area contributed by atoms with Crippen LogP contribution in [0, 0.1) is 13.8 Å². The van der Waals surface area contributed by atoms with Gasteiger partial charge in [0.05, 0.1) is 6.54 Å². The molecule has 0 radical (unpaired) electrons. The fraction of sp³-hybridized carbons (Fsp3) is 0.240. The van der Waals surface area contributed by atoms with E-state index < -0.39 is 0 Å². The van der Waals surface area contributed by atoms with E-state index in [1.165, 1.54) is 0 Å². The highest BCUT2D eigenvalue weighted by molar-refractivity contribution is 6.30. The van der Waals surface area contributed by atoms with Crippen molar-refractivity contribution in [2.24, 2.45) is 0 Å². The van der Waals surface area contributed by atoms with Crippen LogP contribution in [0.2, 0.25) is 5.02 Å². The summed E-state index contributed by atoms with van der Waals surface area (Å²) in [5.41, 5.74) is 4.82. The molecule has 1 aliphatic rings. The van der Waals surface area contributed by atoms with Crippen LogP contribution in [-0.4, -0.2) is 31.6 Å². The van der Waals surface area contributed by atoms with Crippen molar-refractivity contribution in [2.45, 2.75) is 39.3 Å². The van der Waals surface area contributed by atoms with Crippen LogP contribution in [0.5, 0.6) is 0 Å². The smallest absolute Gasteiger partial charge is 0.254 e. The van der Waals surface area contributed by atoms with Gasteiger partial charge in [0.15, 0.2) is 0 Å². The lowest BCUT2D eigenvalue weighted by Crippen LogP contribution is -2.32. The Morgan fingerprint density at radius 2 is 1.66 bits per heavy atom. The molecular formula is C25H23ClN4O2. The van der Waals surface area contributed by atoms with E-state index >= 15 is 0 Å². The Labute approximate surface area is 191 Å². The Hall–Kier alpha value is -3.38. The lowest BCUT2D eigenvalue weighted by molar-refractivity contribution is 0.0714. The Kier molecular flexibility index (Phi) is 5.31. The van der Waals surface area contributed by atoms with Gasteiger partial charge in [0.1, 0.15) is 0 Å². The summed E-state index contributed by atoms with van der Waals surface area (Å²) in [6, 6.07) is 19.4. The molecule has 0 N–H and O–H groups in total. The van der Waals surface area contributed by atoms with Crippen molar-refractivity contribution in [1.82, 2.24) is 19.7 Å². The average Bonchev–Trinajstić information content (AvgIpc) is 3.44. The number of carbonyl (C=O) groups excluding carboxylic acids is 1. The van der Waals surface area contributed by atoms with Gasteiger partial charge in [-0.1, -0.05) is 11.6 Å². The highest BCUT2D eigenvalue weighted by Gasteiger charge is 2.34. The molecule has 0 bridgehead atoms. The molecular weight excluding hydrogens is 424 g/mol. The van der Waals surface area contributed by atoms with Crippen molar-refractivity contribution in [3.63, 3.8) is 0 Å². The molecule has 32 heavy (non-hydrogen) atoms. The van der Waals surface area contributed by atoms with Gasteiger partial charge in [0.25, 0.3) is 5.91 Å². The van der Waals surface area contributed by atoms with E-state index in [9.17, 15) is 4.79 Å². The standard InChI is InChI=1S/C25H23ClN4O2/c1-16-3-4-17(2)30(16)22-11-7-19(8-12-22)25(31)29(21-13-14-21)15-23-27-28-24(32-23)18-5-9-20(26)10-6-18/h3-12,21H,13-15H2,1-2H3. The molecule has 2 aromatic heterocycles. The normalized spacial score (nSPS) is 13.3. The molecule has 0 saturated heterocycles. The Morgan fingerprint density at radius 1 is 1.00 bits per heavy atom. The summed E-state index contributed by atoms with van der Waals surface area (Å²) < 4.78 is 8.01. The third kappa shape index (κ3) is 4.06. The molecule has 6 nitrogen and oxygen atoms in total. The second kappa shape index (κ2) is 8.28. The number of aromatic nitrogens is 3. The number of aryl methyl sites for hydroxylation is 2. The average molecular weight is 447 g/mol. The van der Waals surface area contributed by atoms with E-state index in [1.54, 1.807) is 12.1 Å². The van der Waals surface area contributed by atoms with Crippen molar-refractivity contribution in [2.75, 3.05) is 0 Å². The number of amides is 1. The fourth-order valence-corrected chi connectivity index (χ4v) is 4.05. The Balaban J connectivity index is 1.34. The molecule has 7 heteroatoms. The minimum atomic E-state index is -0.0220. The molecule has 4 aromatic rings. The van der Waals surface area contributed by atoms with Gasteiger partial charge in [-0.3, -0.25) is 4.79 Å². The van der Waals surface area contributed by atoms with Crippen LogP contribution in [-0.2, 0) is 6.54 Å². The first kappa shape index (κ1) is 20.5. The first-order valence-electron chi connectivity index (χ1n) is 10.6. The van der Waals surface area contributed by atoms with Crippen molar-refractivity contribution < 1.29 is 9.21 Å². The van der Waals surface area contributed by atoms with Crippen LogP contribution in [0.15, 0.2) is 65.1 Å². The number of carbonyl (C=O) groups is 1. The van der Waals surface area contributed by atoms with Gasteiger partial charge in [-0.15, -0.1) is 10.2 Å². The number of nitrogens with zero attached hydrogens (tertiary/aromatic N) is 4. The quantitative estimate of drug-likeness (QED) is 0.386. The van der Waals surface area contributed by atoms with Gasteiger partial charge >= 0.3 is 0 Å². The van der Waals surface area contributed by atoms with Crippen LogP contribution in [0.4, 0.5) is 0 Å². The summed E-state index contributed by atoms with van der Waals surface area (Å²) in [6.45, 7) is 4.44. The van der Waals surface area contributed by atoms with Crippen LogP contribution < -0.4 is 0 Å². The molecule has 1 aliphatic carbocycles. The molecule has 0 unspecified atom stereocenters. The number of hydrogen-bond donors (Lipinski definition) is 0. The summed E-state index contributed by atoms with van der Waals surface area (Å²) in [6.07, 6.45) is 1.98. The monoisotopic (exact) mass is 446 g/mol. The molecule has 5 rings (SSSR count). The summed E-state index contributed by atoms with van der Waals surface area (Å²) in [4.78, 5) is 15.1. The topological polar surface area (TPSA) is 64.2 Å². The highest BCUT2D eigenvalue weighted by atomic mass is 35.5. The minimum absolute atomic E-state index is 0.0220. The summed E-state index contributed by atoms with van der Waals surface area (Å²) in [5, 5.41) is 8.94. The minimum Gasteiger partial charge on any atom is -0.419 e. The SMILES string of the molecule is Cc1ccc(C)n1-c1ccc(C(=O)N(Cc2nnc(-c3ccc(Cl)cc3)o2)C2CC2)cc1. The van der Waals surface area contributed by atoms with Crippen molar-refractivity contribution in [3.05, 3.63) is 88.5 Å². The molecule has 0 atom stereocenters. The van der Waals surface area contributed by atoms with Crippen molar-refractivity contribution in [3.8, 4) is 17.1 Å². The predicted octanol–water partition coefficient (Wildman–Crippen LogP) is 5.60. The van der Waals surface area contributed by atoms with E-state index in [0.717, 1.165) is 35.5 Å². The molecule has 1 fully saturated rings. The third-order valence-corrected chi connectivity index (χ3v) is 6.01. The van der Waals surface area contributed by atoms with Crippen molar-refractivity contribution >= 4 is 17.5 Å². The second-order valence-electron chi connectivity index (χ2n) is 8.17. The zero-order valence-electron chi connectivity index (χ0n) is 18.0. The maximum atomic E-state index is 13.3. The molecule has 162 valence electrons. The second-order valence-corrected chi connectivity index (χ2v) is 8.61. The molecule has 0 aliphatic heterocycles. The molecule has 1 saturated carbocycles. The maximum absolute atomic E-state index is 13.3. The van der Waals surface area contributed by atoms with Gasteiger partial charge in [0, 0.05) is 39.3 Å². The highest BCUT2D eigenvalue weighted by Crippen LogP contribution is 2.30. The van der Waals surface area contributed by atoms with Gasteiger partial charge in [-0.05, 0) is 87.4 Å². The van der Waals surface area contributed by atoms with Gasteiger partial charge in [-0.25, -0.2) is 0 Å². The van der Waals surface area contributed by atoms with Gasteiger partial charge < -0.3 is 13.9 Å². The molecule has 1 amide bonds. The molecule has 0 spiro atoms. The van der Waals surface area contributed by atoms with Crippen LogP contribution in [0.3, 0.4) is 0 Å². The fourth-order valence-electron chi connectivity index (χ4n) is 3.92. The van der Waals surface area contributed by atoms with Gasteiger partial charge in [-0.2, -0.15) is 0 Å². The third-order valence-electron chi connectivity index (χ3n) is 5.76. The van der Waals surface area contributed by atoms with Crippen molar-refractivity contribution in [1.29, 1.82) is 0 Å². The number of benzene rings is 2. The summed E-state index contributed by atoms with van der Waals surface area (Å²) in [5.74, 6) is 0.818. The van der Waals surface area contributed by atoms with E-state index in [0.29, 0.717) is 28.9 Å². The van der Waals surface area contributed by atoms with E-state index in [1.807, 2.05) is 41.3 Å². The summed E-state index contributed by atoms with van der Waals surface area (Å²) >= 11 is 5.95. The van der Waals surface area contributed by atoms with Crippen LogP contribution in [0.25, 0.3) is 17.1 Å².